The second-order valence-electron chi connectivity index (χ2n) is 4.30. The molecular formula is C14H18N2O. The second kappa shape index (κ2) is 5.55. The number of hydrogen-bond acceptors (Lipinski definition) is 2. The van der Waals surface area contributed by atoms with Gasteiger partial charge in [0.25, 0.3) is 0 Å². The minimum Gasteiger partial charge on any atom is -0.498 e. The van der Waals surface area contributed by atoms with E-state index in [-0.39, 0.29) is 5.92 Å². The monoisotopic (exact) mass is 230 g/mol. The molecule has 0 bridgehead atoms. The molecule has 1 aliphatic carbocycles. The Labute approximate surface area is 103 Å². The van der Waals surface area contributed by atoms with Gasteiger partial charge in [-0.2, -0.15) is 5.26 Å². The molecule has 0 aromatic heterocycles. The lowest BCUT2D eigenvalue weighted by molar-refractivity contribution is 0.393. The molecule has 90 valence electrons. The van der Waals surface area contributed by atoms with E-state index >= 15 is 0 Å². The molecule has 0 spiro atoms. The van der Waals surface area contributed by atoms with Crippen LogP contribution in [0.2, 0.25) is 0 Å². The summed E-state index contributed by atoms with van der Waals surface area (Å²) in [6.45, 7) is 6.06. The van der Waals surface area contributed by atoms with Crippen LogP contribution in [0.3, 0.4) is 0 Å². The molecule has 0 saturated carbocycles. The van der Waals surface area contributed by atoms with E-state index in [1.165, 1.54) is 0 Å². The standard InChI is InChI=1S/C14H18N2O/c1-4-11-7-12(5-2)13(9-16-17)14(6-3,8-11)10-15/h7-8,13H,4-6H2,1-3H3. The molecule has 3 heteroatoms. The van der Waals surface area contributed by atoms with Crippen molar-refractivity contribution in [3.05, 3.63) is 33.5 Å². The van der Waals surface area contributed by atoms with Crippen LogP contribution < -0.4 is 0 Å². The Kier molecular flexibility index (Phi) is 4.35. The number of hydrogen-bond donors (Lipinski definition) is 0. The van der Waals surface area contributed by atoms with Crippen molar-refractivity contribution in [2.45, 2.75) is 40.0 Å². The predicted octanol–water partition coefficient (Wildman–Crippen LogP) is 4.04. The fourth-order valence-corrected chi connectivity index (χ4v) is 2.35. The molecule has 0 N–H and O–H groups in total. The van der Waals surface area contributed by atoms with E-state index in [4.69, 9.17) is 0 Å². The summed E-state index contributed by atoms with van der Waals surface area (Å²) >= 11 is 0. The smallest absolute Gasteiger partial charge is 0.308 e. The first-order chi connectivity index (χ1) is 8.17. The zero-order valence-corrected chi connectivity index (χ0v) is 10.7. The highest BCUT2D eigenvalue weighted by atomic mass is 16.4. The van der Waals surface area contributed by atoms with E-state index in [1.807, 2.05) is 19.9 Å². The normalized spacial score (nSPS) is 27.3. The van der Waals surface area contributed by atoms with Gasteiger partial charge in [-0.25, -0.2) is 0 Å². The van der Waals surface area contributed by atoms with Gasteiger partial charge < -0.3 is 5.21 Å². The molecule has 0 fully saturated rings. The van der Waals surface area contributed by atoms with Crippen molar-refractivity contribution in [2.24, 2.45) is 11.3 Å². The third-order valence-electron chi connectivity index (χ3n) is 3.49. The van der Waals surface area contributed by atoms with Crippen LogP contribution in [0.15, 0.2) is 23.3 Å². The molecule has 2 atom stereocenters. The van der Waals surface area contributed by atoms with Crippen LogP contribution in [0.4, 0.5) is 0 Å². The van der Waals surface area contributed by atoms with Crippen LogP contribution in [0.5, 0.6) is 0 Å². The Morgan fingerprint density at radius 2 is 2.12 bits per heavy atom. The third kappa shape index (κ3) is 2.34. The average molecular weight is 230 g/mol. The molecule has 2 unspecified atom stereocenters. The van der Waals surface area contributed by atoms with Crippen LogP contribution in [-0.4, -0.2) is 0 Å². The van der Waals surface area contributed by atoms with Gasteiger partial charge in [0.15, 0.2) is 0 Å². The van der Waals surface area contributed by atoms with Crippen LogP contribution in [0, 0.1) is 33.9 Å². The van der Waals surface area contributed by atoms with E-state index in [0.29, 0.717) is 6.42 Å². The van der Waals surface area contributed by atoms with Gasteiger partial charge >= 0.3 is 6.07 Å². The summed E-state index contributed by atoms with van der Waals surface area (Å²) in [5, 5.41) is 22.7. The molecule has 1 aliphatic rings. The number of nitrogens with zero attached hydrogens (tertiary/aromatic N) is 2. The molecule has 0 saturated heterocycles. The van der Waals surface area contributed by atoms with E-state index in [9.17, 15) is 10.5 Å². The number of nitriles is 1. The van der Waals surface area contributed by atoms with Gasteiger partial charge in [0, 0.05) is 5.01 Å². The van der Waals surface area contributed by atoms with Crippen molar-refractivity contribution in [3.8, 4) is 12.1 Å². The summed E-state index contributed by atoms with van der Waals surface area (Å²) in [6.07, 6.45) is 6.43. The fourth-order valence-electron chi connectivity index (χ4n) is 2.35. The maximum absolute atomic E-state index is 10.5. The molecule has 17 heavy (non-hydrogen) atoms. The second-order valence-corrected chi connectivity index (χ2v) is 4.30. The van der Waals surface area contributed by atoms with Gasteiger partial charge in [-0.15, -0.1) is 0 Å². The SMILES string of the molecule is CCC1=CC(C#N)(CC)C(C#[N+][O-])C(CC)=C1. The average Bonchev–Trinajstić information content (AvgIpc) is 2.39. The maximum atomic E-state index is 10.5. The lowest BCUT2D eigenvalue weighted by Gasteiger charge is -2.31. The summed E-state index contributed by atoms with van der Waals surface area (Å²) < 4.78 is 0. The maximum Gasteiger partial charge on any atom is 0.308 e. The first kappa shape index (κ1) is 13.3. The third-order valence-corrected chi connectivity index (χ3v) is 3.49. The Balaban J connectivity index is 3.34. The van der Waals surface area contributed by atoms with E-state index in [2.05, 4.69) is 30.1 Å². The first-order valence-corrected chi connectivity index (χ1v) is 6.08. The van der Waals surface area contributed by atoms with Crippen molar-refractivity contribution >= 4 is 0 Å². The largest absolute Gasteiger partial charge is 0.498 e. The summed E-state index contributed by atoms with van der Waals surface area (Å²) in [6, 6.07) is 4.91. The van der Waals surface area contributed by atoms with Crippen molar-refractivity contribution < 1.29 is 0 Å². The molecule has 1 rings (SSSR count). The summed E-state index contributed by atoms with van der Waals surface area (Å²) in [4.78, 5) is 0. The van der Waals surface area contributed by atoms with Gasteiger partial charge in [-0.1, -0.05) is 38.5 Å². The molecule has 0 amide bonds. The van der Waals surface area contributed by atoms with Crippen LogP contribution in [-0.2, 0) is 0 Å². The van der Waals surface area contributed by atoms with Gasteiger partial charge in [0.2, 0.25) is 0 Å². The van der Waals surface area contributed by atoms with Crippen molar-refractivity contribution in [3.63, 3.8) is 0 Å². The topological polar surface area (TPSA) is 51.2 Å². The van der Waals surface area contributed by atoms with Crippen LogP contribution in [0.1, 0.15) is 40.0 Å². The van der Waals surface area contributed by atoms with Gasteiger partial charge in [0.05, 0.1) is 11.5 Å². The summed E-state index contributed by atoms with van der Waals surface area (Å²) in [7, 11) is 0. The number of allylic oxidation sites excluding steroid dienone is 4. The Hall–Kier alpha value is -1.74. The predicted molar refractivity (Wildman–Crippen MR) is 69.2 cm³/mol. The van der Waals surface area contributed by atoms with Gasteiger partial charge in [-0.3, -0.25) is 0 Å². The molecule has 0 heterocycles. The van der Waals surface area contributed by atoms with E-state index in [0.717, 1.165) is 24.0 Å². The molecule has 0 aliphatic heterocycles. The summed E-state index contributed by atoms with van der Waals surface area (Å²) in [5.74, 6) is -0.296. The molecule has 0 aromatic rings. The highest BCUT2D eigenvalue weighted by Gasteiger charge is 2.42. The summed E-state index contributed by atoms with van der Waals surface area (Å²) in [5.41, 5.74) is 1.58. The number of rotatable bonds is 3. The molecule has 0 radical (unpaired) electrons. The Bertz CT molecular complexity index is 445. The molecular weight excluding hydrogens is 212 g/mol. The van der Waals surface area contributed by atoms with Crippen molar-refractivity contribution in [2.75, 3.05) is 0 Å². The first-order valence-electron chi connectivity index (χ1n) is 6.08. The Morgan fingerprint density at radius 3 is 2.53 bits per heavy atom. The quantitative estimate of drug-likeness (QED) is 0.687. The van der Waals surface area contributed by atoms with Gasteiger partial charge in [-0.05, 0) is 24.8 Å². The van der Waals surface area contributed by atoms with Crippen molar-refractivity contribution in [1.82, 2.24) is 0 Å². The zero-order chi connectivity index (χ0) is 12.9. The van der Waals surface area contributed by atoms with Gasteiger partial charge in [0.1, 0.15) is 5.92 Å². The lowest BCUT2D eigenvalue weighted by atomic mass is 9.67. The van der Waals surface area contributed by atoms with E-state index in [1.54, 1.807) is 0 Å². The van der Waals surface area contributed by atoms with E-state index < -0.39 is 5.41 Å². The minimum atomic E-state index is -0.653. The van der Waals surface area contributed by atoms with Crippen LogP contribution >= 0.6 is 0 Å². The Morgan fingerprint density at radius 1 is 1.41 bits per heavy atom. The van der Waals surface area contributed by atoms with Crippen molar-refractivity contribution in [1.29, 1.82) is 5.26 Å². The zero-order valence-electron chi connectivity index (χ0n) is 10.7. The lowest BCUT2D eigenvalue weighted by Crippen LogP contribution is -2.29. The minimum absolute atomic E-state index is 0.296. The highest BCUT2D eigenvalue weighted by Crippen LogP contribution is 2.43. The molecule has 0 aromatic carbocycles. The fraction of sp³-hybridized carbons (Fsp3) is 0.571. The van der Waals surface area contributed by atoms with Crippen LogP contribution in [0.25, 0.3) is 5.01 Å². The highest BCUT2D eigenvalue weighted by molar-refractivity contribution is 5.42. The molecule has 3 nitrogen and oxygen atoms in total.